The summed E-state index contributed by atoms with van der Waals surface area (Å²) < 4.78 is 0. The molecule has 6 rings (SSSR count). The Hall–Kier alpha value is -3.58. The molecule has 1 unspecified atom stereocenters. The Labute approximate surface area is 197 Å². The molecule has 0 nitrogen and oxygen atoms in total. The highest BCUT2D eigenvalue weighted by molar-refractivity contribution is 6.32. The monoisotopic (exact) mass is 420 g/mol. The Morgan fingerprint density at radius 1 is 0.758 bits per heavy atom. The van der Waals surface area contributed by atoms with Crippen molar-refractivity contribution < 1.29 is 0 Å². The summed E-state index contributed by atoms with van der Waals surface area (Å²) in [6.07, 6.45) is 8.99. The molecular formula is C32H25B. The summed E-state index contributed by atoms with van der Waals surface area (Å²) in [5.74, 6) is 0. The first-order valence-electron chi connectivity index (χ1n) is 11.7. The number of allylic oxidation sites excluding steroid dienone is 4. The van der Waals surface area contributed by atoms with Crippen LogP contribution in [0.1, 0.15) is 35.1 Å². The van der Waals surface area contributed by atoms with Crippen LogP contribution in [0.3, 0.4) is 0 Å². The highest BCUT2D eigenvalue weighted by Gasteiger charge is 2.47. The summed E-state index contributed by atoms with van der Waals surface area (Å²) in [6, 6.07) is 33.1. The van der Waals surface area contributed by atoms with Crippen molar-refractivity contribution in [1.82, 2.24) is 0 Å². The molecule has 0 heterocycles. The van der Waals surface area contributed by atoms with E-state index in [1.54, 1.807) is 0 Å². The average molecular weight is 420 g/mol. The largest absolute Gasteiger partial charge is 0.113 e. The van der Waals surface area contributed by atoms with E-state index in [1.165, 1.54) is 44.5 Å². The summed E-state index contributed by atoms with van der Waals surface area (Å²) in [5, 5.41) is 0. The minimum atomic E-state index is -0.293. The zero-order valence-electron chi connectivity index (χ0n) is 18.9. The first-order chi connectivity index (χ1) is 16.2. The molecule has 1 heteroatoms. The topological polar surface area (TPSA) is 0 Å². The van der Waals surface area contributed by atoms with E-state index in [1.807, 2.05) is 12.1 Å². The van der Waals surface area contributed by atoms with E-state index in [0.717, 1.165) is 23.9 Å². The third-order valence-electron chi connectivity index (χ3n) is 7.29. The Bertz CT molecular complexity index is 1440. The predicted molar refractivity (Wildman–Crippen MR) is 140 cm³/mol. The Morgan fingerprint density at radius 2 is 1.52 bits per heavy atom. The van der Waals surface area contributed by atoms with Gasteiger partial charge in [0, 0.05) is 0 Å². The lowest BCUT2D eigenvalue weighted by Crippen LogP contribution is -2.30. The molecule has 2 aliphatic carbocycles. The zero-order valence-corrected chi connectivity index (χ0v) is 18.9. The van der Waals surface area contributed by atoms with Gasteiger partial charge in [0.05, 0.1) is 5.41 Å². The molecule has 0 aromatic heterocycles. The van der Waals surface area contributed by atoms with Gasteiger partial charge in [0.25, 0.3) is 0 Å². The van der Waals surface area contributed by atoms with Crippen LogP contribution in [-0.2, 0) is 5.41 Å². The van der Waals surface area contributed by atoms with Gasteiger partial charge in [0.1, 0.15) is 7.85 Å². The molecule has 0 amide bonds. The second-order valence-corrected chi connectivity index (χ2v) is 9.16. The van der Waals surface area contributed by atoms with E-state index in [0.29, 0.717) is 0 Å². The van der Waals surface area contributed by atoms with Crippen molar-refractivity contribution in [2.75, 3.05) is 0 Å². The van der Waals surface area contributed by atoms with Gasteiger partial charge in [-0.15, -0.1) is 0 Å². The molecule has 33 heavy (non-hydrogen) atoms. The lowest BCUT2D eigenvalue weighted by atomic mass is 9.65. The van der Waals surface area contributed by atoms with Gasteiger partial charge >= 0.3 is 0 Å². The van der Waals surface area contributed by atoms with Crippen molar-refractivity contribution in [3.8, 4) is 22.3 Å². The summed E-state index contributed by atoms with van der Waals surface area (Å²) in [7, 11) is 6.13. The minimum Gasteiger partial charge on any atom is -0.0961 e. The van der Waals surface area contributed by atoms with Crippen LogP contribution < -0.4 is 5.46 Å². The van der Waals surface area contributed by atoms with Gasteiger partial charge in [-0.3, -0.25) is 0 Å². The fourth-order valence-corrected chi connectivity index (χ4v) is 5.92. The van der Waals surface area contributed by atoms with Crippen molar-refractivity contribution >= 4 is 13.3 Å². The van der Waals surface area contributed by atoms with Crippen LogP contribution in [0.4, 0.5) is 0 Å². The van der Waals surface area contributed by atoms with Crippen LogP contribution in [0.2, 0.25) is 0 Å². The predicted octanol–water partition coefficient (Wildman–Crippen LogP) is 7.05. The summed E-state index contributed by atoms with van der Waals surface area (Å²) >= 11 is 0. The average Bonchev–Trinajstić information content (AvgIpc) is 3.17. The fraction of sp³-hybridized carbons (Fsp3) is 0.125. The van der Waals surface area contributed by atoms with Crippen molar-refractivity contribution in [1.29, 1.82) is 0 Å². The van der Waals surface area contributed by atoms with Gasteiger partial charge in [0.15, 0.2) is 0 Å². The second kappa shape index (κ2) is 7.78. The first kappa shape index (κ1) is 20.1. The van der Waals surface area contributed by atoms with Gasteiger partial charge in [-0.2, -0.15) is 0 Å². The molecule has 0 fully saturated rings. The molecule has 4 aromatic carbocycles. The summed E-state index contributed by atoms with van der Waals surface area (Å²) in [6.45, 7) is 2.24. The van der Waals surface area contributed by atoms with E-state index in [9.17, 15) is 0 Å². The zero-order chi connectivity index (χ0) is 22.4. The molecule has 4 aromatic rings. The number of hydrogen-bond acceptors (Lipinski definition) is 0. The molecule has 0 saturated carbocycles. The number of hydrogen-bond donors (Lipinski definition) is 0. The smallest absolute Gasteiger partial charge is 0.0961 e. The molecular weight excluding hydrogens is 395 g/mol. The maximum atomic E-state index is 6.13. The van der Waals surface area contributed by atoms with Crippen LogP contribution >= 0.6 is 0 Å². The number of rotatable bonds is 3. The van der Waals surface area contributed by atoms with Crippen LogP contribution in [0.15, 0.2) is 115 Å². The van der Waals surface area contributed by atoms with Crippen LogP contribution in [0.25, 0.3) is 22.3 Å². The molecule has 0 aliphatic heterocycles. The Balaban J connectivity index is 1.70. The van der Waals surface area contributed by atoms with Gasteiger partial charge in [-0.05, 0) is 70.3 Å². The van der Waals surface area contributed by atoms with E-state index < -0.39 is 0 Å². The third kappa shape index (κ3) is 2.99. The SMILES string of the molecule is [B]c1cccc(-c2cccc(C3(C4=CC=CCC4)c4ccccc4-c4c(C)cccc43)c2)c1. The maximum absolute atomic E-state index is 6.13. The van der Waals surface area contributed by atoms with Crippen LogP contribution in [0, 0.1) is 6.92 Å². The van der Waals surface area contributed by atoms with Gasteiger partial charge in [-0.25, -0.2) is 0 Å². The fourth-order valence-electron chi connectivity index (χ4n) is 5.92. The minimum absolute atomic E-state index is 0.293. The molecule has 0 saturated heterocycles. The van der Waals surface area contributed by atoms with Crippen LogP contribution in [0.5, 0.6) is 0 Å². The van der Waals surface area contributed by atoms with E-state index in [4.69, 9.17) is 7.85 Å². The van der Waals surface area contributed by atoms with Crippen molar-refractivity contribution in [2.45, 2.75) is 25.2 Å². The second-order valence-electron chi connectivity index (χ2n) is 9.16. The molecule has 2 radical (unpaired) electrons. The molecule has 156 valence electrons. The normalized spacial score (nSPS) is 18.5. The van der Waals surface area contributed by atoms with Gasteiger partial charge in [0.2, 0.25) is 0 Å². The lowest BCUT2D eigenvalue weighted by Gasteiger charge is -2.37. The standard InChI is InChI=1S/C32H25B/c1-22-10-7-19-30-31(22)28-17-5-6-18-29(28)32(30,25-13-3-2-4-14-25)26-15-8-11-23(20-26)24-12-9-16-27(33)21-24/h2-3,5-13,15-21H,4,14H2,1H3. The Morgan fingerprint density at radius 3 is 2.33 bits per heavy atom. The van der Waals surface area contributed by atoms with Gasteiger partial charge < -0.3 is 0 Å². The van der Waals surface area contributed by atoms with Crippen LogP contribution in [-0.4, -0.2) is 7.85 Å². The molecule has 0 spiro atoms. The third-order valence-corrected chi connectivity index (χ3v) is 7.29. The molecule has 1 atom stereocenters. The quantitative estimate of drug-likeness (QED) is 0.312. The van der Waals surface area contributed by atoms with E-state index in [2.05, 4.69) is 104 Å². The number of fused-ring (bicyclic) bond motifs is 3. The maximum Gasteiger partial charge on any atom is 0.113 e. The number of aryl methyl sites for hydroxylation is 1. The summed E-state index contributed by atoms with van der Waals surface area (Å²) in [5.41, 5.74) is 12.5. The highest BCUT2D eigenvalue weighted by atomic mass is 14.5. The first-order valence-corrected chi connectivity index (χ1v) is 11.7. The van der Waals surface area contributed by atoms with Crippen molar-refractivity contribution in [3.05, 3.63) is 137 Å². The van der Waals surface area contributed by atoms with Crippen molar-refractivity contribution in [2.24, 2.45) is 0 Å². The number of benzene rings is 4. The Kier molecular flexibility index (Phi) is 4.73. The summed E-state index contributed by atoms with van der Waals surface area (Å²) in [4.78, 5) is 0. The van der Waals surface area contributed by atoms with E-state index in [-0.39, 0.29) is 5.41 Å². The molecule has 2 aliphatic rings. The molecule has 0 bridgehead atoms. The molecule has 0 N–H and O–H groups in total. The van der Waals surface area contributed by atoms with Gasteiger partial charge in [-0.1, -0.05) is 114 Å². The van der Waals surface area contributed by atoms with E-state index >= 15 is 0 Å². The highest BCUT2D eigenvalue weighted by Crippen LogP contribution is 2.58. The lowest BCUT2D eigenvalue weighted by molar-refractivity contribution is 0.693. The van der Waals surface area contributed by atoms with Crippen molar-refractivity contribution in [3.63, 3.8) is 0 Å².